The molecule has 0 atom stereocenters. The maximum Gasteiger partial charge on any atom is 0.322 e. The van der Waals surface area contributed by atoms with Crippen LogP contribution in [0.2, 0.25) is 0 Å². The number of benzene rings is 2. The molecule has 3 aromatic rings. The van der Waals surface area contributed by atoms with Gasteiger partial charge in [0.1, 0.15) is 0 Å². The van der Waals surface area contributed by atoms with Gasteiger partial charge < -0.3 is 4.42 Å². The molecule has 0 bridgehead atoms. The lowest BCUT2D eigenvalue weighted by Crippen LogP contribution is -2.07. The number of hydrogen-bond acceptors (Lipinski definition) is 5. The topological polar surface area (TPSA) is 68.0 Å². The fraction of sp³-hybridized carbons (Fsp3) is 0.105. The zero-order chi connectivity index (χ0) is 17.3. The molecule has 25 heavy (non-hydrogen) atoms. The normalized spacial score (nSPS) is 10.9. The van der Waals surface area contributed by atoms with Crippen LogP contribution in [0.3, 0.4) is 0 Å². The molecule has 126 valence electrons. The second-order valence-electron chi connectivity index (χ2n) is 5.15. The number of carbonyl (C=O) groups excluding carboxylic acids is 1. The van der Waals surface area contributed by atoms with Gasteiger partial charge in [0.2, 0.25) is 5.89 Å². The summed E-state index contributed by atoms with van der Waals surface area (Å²) in [4.78, 5) is 13.1. The third-order valence-electron chi connectivity index (χ3n) is 3.25. The van der Waals surface area contributed by atoms with Gasteiger partial charge in [-0.15, -0.1) is 16.9 Å². The summed E-state index contributed by atoms with van der Waals surface area (Å²) in [6, 6.07) is 19.8. The number of amides is 1. The predicted molar refractivity (Wildman–Crippen MR) is 99.3 cm³/mol. The Hall–Kier alpha value is -2.86. The van der Waals surface area contributed by atoms with E-state index in [2.05, 4.69) is 27.6 Å². The summed E-state index contributed by atoms with van der Waals surface area (Å²) < 4.78 is 5.44. The third-order valence-corrected chi connectivity index (χ3v) is 4.27. The molecule has 0 aliphatic carbocycles. The molecular weight excluding hydrogens is 334 g/mol. The summed E-state index contributed by atoms with van der Waals surface area (Å²) >= 11 is 1.72. The highest BCUT2D eigenvalue weighted by Crippen LogP contribution is 2.18. The molecule has 2 aromatic carbocycles. The molecule has 0 radical (unpaired) electrons. The quantitative estimate of drug-likeness (QED) is 0.514. The van der Waals surface area contributed by atoms with Gasteiger partial charge >= 0.3 is 6.01 Å². The number of thioether (sulfide) groups is 1. The Morgan fingerprint density at radius 2 is 1.76 bits per heavy atom. The number of aromatic nitrogens is 2. The van der Waals surface area contributed by atoms with Crippen molar-refractivity contribution in [3.63, 3.8) is 0 Å². The first kappa shape index (κ1) is 17.0. The molecule has 6 heteroatoms. The minimum atomic E-state index is -0.308. The van der Waals surface area contributed by atoms with Crippen LogP contribution in [0.4, 0.5) is 6.01 Å². The molecule has 1 heterocycles. The Bertz CT molecular complexity index is 832. The van der Waals surface area contributed by atoms with Crippen molar-refractivity contribution in [1.82, 2.24) is 10.2 Å². The maximum atomic E-state index is 11.9. The van der Waals surface area contributed by atoms with Crippen molar-refractivity contribution in [3.8, 4) is 0 Å². The van der Waals surface area contributed by atoms with Crippen LogP contribution in [0.1, 0.15) is 11.5 Å². The molecule has 0 saturated carbocycles. The molecular formula is C19H17N3O2S. The number of nitrogens with one attached hydrogen (secondary N) is 1. The van der Waals surface area contributed by atoms with Crippen molar-refractivity contribution in [3.05, 3.63) is 78.2 Å². The van der Waals surface area contributed by atoms with Crippen LogP contribution in [0.5, 0.6) is 0 Å². The van der Waals surface area contributed by atoms with Crippen molar-refractivity contribution in [2.75, 3.05) is 11.1 Å². The summed E-state index contributed by atoms with van der Waals surface area (Å²) in [5.41, 5.74) is 0.946. The first-order valence-corrected chi connectivity index (χ1v) is 8.82. The third kappa shape index (κ3) is 5.61. The summed E-state index contributed by atoms with van der Waals surface area (Å²) in [7, 11) is 0. The fourth-order valence-electron chi connectivity index (χ4n) is 2.06. The summed E-state index contributed by atoms with van der Waals surface area (Å²) in [6.45, 7) is 0. The van der Waals surface area contributed by atoms with Crippen molar-refractivity contribution >= 4 is 29.8 Å². The molecule has 0 fully saturated rings. The number of anilines is 1. The van der Waals surface area contributed by atoms with Crippen molar-refractivity contribution in [2.45, 2.75) is 11.3 Å². The van der Waals surface area contributed by atoms with Crippen LogP contribution in [-0.2, 0) is 11.2 Å². The van der Waals surface area contributed by atoms with E-state index in [9.17, 15) is 4.79 Å². The van der Waals surface area contributed by atoms with Gasteiger partial charge in [0.05, 0.1) is 0 Å². The lowest BCUT2D eigenvalue weighted by molar-refractivity contribution is -0.112. The molecule has 5 nitrogen and oxygen atoms in total. The van der Waals surface area contributed by atoms with E-state index in [1.807, 2.05) is 48.5 Å². The van der Waals surface area contributed by atoms with Crippen LogP contribution in [0.25, 0.3) is 6.08 Å². The fourth-order valence-corrected chi connectivity index (χ4v) is 2.92. The van der Waals surface area contributed by atoms with E-state index in [0.717, 1.165) is 11.3 Å². The van der Waals surface area contributed by atoms with Crippen molar-refractivity contribution in [2.24, 2.45) is 0 Å². The molecule has 0 unspecified atom stereocenters. The number of rotatable bonds is 7. The van der Waals surface area contributed by atoms with E-state index in [-0.39, 0.29) is 11.9 Å². The van der Waals surface area contributed by atoms with Crippen LogP contribution in [0, 0.1) is 0 Å². The van der Waals surface area contributed by atoms with E-state index >= 15 is 0 Å². The SMILES string of the molecule is O=C(C=Cc1ccccc1)Nc1nnc(CCSc2ccccc2)o1. The van der Waals surface area contributed by atoms with Gasteiger partial charge in [0, 0.05) is 23.1 Å². The maximum absolute atomic E-state index is 11.9. The van der Waals surface area contributed by atoms with Gasteiger partial charge in [-0.25, -0.2) is 0 Å². The van der Waals surface area contributed by atoms with Crippen LogP contribution in [-0.4, -0.2) is 21.9 Å². The highest BCUT2D eigenvalue weighted by atomic mass is 32.2. The van der Waals surface area contributed by atoms with E-state index in [0.29, 0.717) is 12.3 Å². The Morgan fingerprint density at radius 1 is 1.04 bits per heavy atom. The Balaban J connectivity index is 1.46. The van der Waals surface area contributed by atoms with Gasteiger partial charge in [-0.3, -0.25) is 10.1 Å². The summed E-state index contributed by atoms with van der Waals surface area (Å²) in [5, 5.41) is 10.4. The van der Waals surface area contributed by atoms with Crippen molar-refractivity contribution < 1.29 is 9.21 Å². The molecule has 0 spiro atoms. The van der Waals surface area contributed by atoms with Gasteiger partial charge in [0.15, 0.2) is 0 Å². The van der Waals surface area contributed by atoms with E-state index in [1.54, 1.807) is 17.8 Å². The zero-order valence-electron chi connectivity index (χ0n) is 13.5. The van der Waals surface area contributed by atoms with Crippen molar-refractivity contribution in [1.29, 1.82) is 0 Å². The highest BCUT2D eigenvalue weighted by molar-refractivity contribution is 7.99. The minimum Gasteiger partial charge on any atom is -0.408 e. The predicted octanol–water partition coefficient (Wildman–Crippen LogP) is 4.06. The monoisotopic (exact) mass is 351 g/mol. The molecule has 1 N–H and O–H groups in total. The Labute approximate surface area is 150 Å². The lowest BCUT2D eigenvalue weighted by Gasteiger charge is -1.98. The second-order valence-corrected chi connectivity index (χ2v) is 6.31. The van der Waals surface area contributed by atoms with Crippen LogP contribution >= 0.6 is 11.8 Å². The molecule has 1 aromatic heterocycles. The molecule has 3 rings (SSSR count). The smallest absolute Gasteiger partial charge is 0.322 e. The number of hydrogen-bond donors (Lipinski definition) is 1. The average molecular weight is 351 g/mol. The molecule has 0 aliphatic heterocycles. The van der Waals surface area contributed by atoms with E-state index in [1.165, 1.54) is 11.0 Å². The lowest BCUT2D eigenvalue weighted by atomic mass is 10.2. The van der Waals surface area contributed by atoms with E-state index in [4.69, 9.17) is 4.42 Å². The Kier molecular flexibility index (Phi) is 6.01. The first-order chi connectivity index (χ1) is 12.3. The van der Waals surface area contributed by atoms with Gasteiger partial charge in [0.25, 0.3) is 5.91 Å². The highest BCUT2D eigenvalue weighted by Gasteiger charge is 2.08. The van der Waals surface area contributed by atoms with Crippen LogP contribution in [0.15, 0.2) is 76.1 Å². The number of nitrogens with zero attached hydrogens (tertiary/aromatic N) is 2. The summed E-state index contributed by atoms with van der Waals surface area (Å²) in [6.07, 6.45) is 3.80. The molecule has 0 aliphatic rings. The largest absolute Gasteiger partial charge is 0.408 e. The zero-order valence-corrected chi connectivity index (χ0v) is 14.3. The van der Waals surface area contributed by atoms with Gasteiger partial charge in [-0.1, -0.05) is 53.6 Å². The molecule has 0 saturated heterocycles. The second kappa shape index (κ2) is 8.84. The standard InChI is InChI=1S/C19H17N3O2S/c23-17(12-11-15-7-3-1-4-8-15)20-19-22-21-18(24-19)13-14-25-16-9-5-2-6-10-16/h1-12H,13-14H2,(H,20,22,23). The number of carbonyl (C=O) groups is 1. The minimum absolute atomic E-state index is 0.113. The number of aryl methyl sites for hydroxylation is 1. The molecule has 1 amide bonds. The van der Waals surface area contributed by atoms with Gasteiger partial charge in [-0.2, -0.15) is 0 Å². The summed E-state index contributed by atoms with van der Waals surface area (Å²) in [5.74, 6) is 1.02. The van der Waals surface area contributed by atoms with E-state index < -0.39 is 0 Å². The Morgan fingerprint density at radius 3 is 2.52 bits per heavy atom. The van der Waals surface area contributed by atoms with Gasteiger partial charge in [-0.05, 0) is 23.8 Å². The van der Waals surface area contributed by atoms with Crippen LogP contribution < -0.4 is 5.32 Å². The average Bonchev–Trinajstić information content (AvgIpc) is 3.09. The first-order valence-electron chi connectivity index (χ1n) is 7.84.